The van der Waals surface area contributed by atoms with Crippen molar-refractivity contribution in [2.75, 3.05) is 6.61 Å². The van der Waals surface area contributed by atoms with E-state index in [2.05, 4.69) is 24.4 Å². The zero-order valence-electron chi connectivity index (χ0n) is 10.2. The quantitative estimate of drug-likeness (QED) is 0.846. The molecule has 2 nitrogen and oxygen atoms in total. The molecule has 0 radical (unpaired) electrons. The molecule has 0 bridgehead atoms. The van der Waals surface area contributed by atoms with Crippen molar-refractivity contribution in [2.45, 2.75) is 44.2 Å². The van der Waals surface area contributed by atoms with Crippen molar-refractivity contribution in [3.63, 3.8) is 0 Å². The fourth-order valence-electron chi connectivity index (χ4n) is 2.42. The van der Waals surface area contributed by atoms with Gasteiger partial charge in [0, 0.05) is 17.1 Å². The van der Waals surface area contributed by atoms with E-state index >= 15 is 0 Å². The molecule has 1 saturated carbocycles. The summed E-state index contributed by atoms with van der Waals surface area (Å²) in [6, 6.07) is 8.94. The molecule has 1 atom stereocenters. The molecule has 1 aromatic rings. The first-order valence-electron chi connectivity index (χ1n) is 6.35. The molecular formula is C14H20ClNO. The normalized spacial score (nSPS) is 25.4. The van der Waals surface area contributed by atoms with Gasteiger partial charge in [-0.3, -0.25) is 0 Å². The van der Waals surface area contributed by atoms with Crippen LogP contribution in [0.2, 0.25) is 5.02 Å². The van der Waals surface area contributed by atoms with Gasteiger partial charge in [0.05, 0.1) is 6.61 Å². The largest absolute Gasteiger partial charge is 0.395 e. The molecule has 0 saturated heterocycles. The lowest BCUT2D eigenvalue weighted by Crippen LogP contribution is -2.46. The molecule has 94 valence electrons. The fraction of sp³-hybridized carbons (Fsp3) is 0.571. The second kappa shape index (κ2) is 5.85. The van der Waals surface area contributed by atoms with Crippen LogP contribution in [0.15, 0.2) is 24.3 Å². The molecule has 1 aromatic carbocycles. The van der Waals surface area contributed by atoms with E-state index in [4.69, 9.17) is 16.7 Å². The third-order valence-electron chi connectivity index (χ3n) is 3.64. The average Bonchev–Trinajstić information content (AvgIpc) is 2.28. The van der Waals surface area contributed by atoms with Crippen molar-refractivity contribution in [1.82, 2.24) is 5.32 Å². The van der Waals surface area contributed by atoms with E-state index in [0.717, 1.165) is 24.3 Å². The summed E-state index contributed by atoms with van der Waals surface area (Å²) in [4.78, 5) is 0. The van der Waals surface area contributed by atoms with Crippen LogP contribution in [0.3, 0.4) is 0 Å². The maximum atomic E-state index is 9.13. The van der Waals surface area contributed by atoms with Crippen LogP contribution in [0.1, 0.15) is 37.7 Å². The van der Waals surface area contributed by atoms with Gasteiger partial charge in [0.15, 0.2) is 0 Å². The molecule has 2 rings (SSSR count). The van der Waals surface area contributed by atoms with Crippen LogP contribution in [0.25, 0.3) is 0 Å². The Bertz CT molecular complexity index is 359. The predicted octanol–water partition coefficient (Wildman–Crippen LogP) is 2.95. The average molecular weight is 254 g/mol. The van der Waals surface area contributed by atoms with E-state index in [9.17, 15) is 0 Å². The van der Waals surface area contributed by atoms with Crippen LogP contribution in [-0.4, -0.2) is 23.8 Å². The number of hydrogen-bond donors (Lipinski definition) is 2. The number of aliphatic hydroxyl groups is 1. The molecule has 1 aliphatic carbocycles. The molecule has 0 spiro atoms. The third-order valence-corrected chi connectivity index (χ3v) is 3.88. The summed E-state index contributed by atoms with van der Waals surface area (Å²) in [5, 5.41) is 13.4. The first kappa shape index (κ1) is 12.9. The van der Waals surface area contributed by atoms with E-state index in [1.807, 2.05) is 12.1 Å². The molecule has 2 N–H and O–H groups in total. The molecular weight excluding hydrogens is 234 g/mol. The fourth-order valence-corrected chi connectivity index (χ4v) is 2.62. The SMILES string of the molecule is CC[C@H](CO)NC1CC(c2cccc(Cl)c2)C1. The Morgan fingerprint density at radius 2 is 2.24 bits per heavy atom. The number of aliphatic hydroxyl groups excluding tert-OH is 1. The first-order valence-corrected chi connectivity index (χ1v) is 6.73. The van der Waals surface area contributed by atoms with Crippen molar-refractivity contribution in [2.24, 2.45) is 0 Å². The minimum absolute atomic E-state index is 0.231. The lowest BCUT2D eigenvalue weighted by molar-refractivity contribution is 0.193. The number of nitrogens with one attached hydrogen (secondary N) is 1. The standard InChI is InChI=1S/C14H20ClNO/c1-2-13(9-17)16-14-7-11(8-14)10-4-3-5-12(15)6-10/h3-6,11,13-14,16-17H,2,7-9H2,1H3/t11?,13-,14?/m1/s1. The summed E-state index contributed by atoms with van der Waals surface area (Å²) >= 11 is 5.99. The summed E-state index contributed by atoms with van der Waals surface area (Å²) in [6.07, 6.45) is 3.28. The van der Waals surface area contributed by atoms with Gasteiger partial charge in [0.25, 0.3) is 0 Å². The first-order chi connectivity index (χ1) is 8.22. The maximum absolute atomic E-state index is 9.13. The second-order valence-electron chi connectivity index (χ2n) is 4.87. The van der Waals surface area contributed by atoms with Crippen molar-refractivity contribution in [3.05, 3.63) is 34.9 Å². The Morgan fingerprint density at radius 1 is 1.47 bits per heavy atom. The lowest BCUT2D eigenvalue weighted by Gasteiger charge is -2.38. The predicted molar refractivity (Wildman–Crippen MR) is 71.5 cm³/mol. The van der Waals surface area contributed by atoms with Crippen LogP contribution in [0.5, 0.6) is 0 Å². The van der Waals surface area contributed by atoms with Gasteiger partial charge in [-0.05, 0) is 42.9 Å². The van der Waals surface area contributed by atoms with Crippen LogP contribution in [0.4, 0.5) is 0 Å². The number of benzene rings is 1. The Balaban J connectivity index is 1.82. The highest BCUT2D eigenvalue weighted by Crippen LogP contribution is 2.37. The van der Waals surface area contributed by atoms with Crippen molar-refractivity contribution in [3.8, 4) is 0 Å². The van der Waals surface area contributed by atoms with E-state index in [1.54, 1.807) is 0 Å². The topological polar surface area (TPSA) is 32.3 Å². The van der Waals surface area contributed by atoms with Crippen LogP contribution in [0, 0.1) is 0 Å². The molecule has 1 fully saturated rings. The minimum Gasteiger partial charge on any atom is -0.395 e. The maximum Gasteiger partial charge on any atom is 0.0584 e. The summed E-state index contributed by atoms with van der Waals surface area (Å²) < 4.78 is 0. The van der Waals surface area contributed by atoms with E-state index < -0.39 is 0 Å². The van der Waals surface area contributed by atoms with Gasteiger partial charge in [0.1, 0.15) is 0 Å². The highest BCUT2D eigenvalue weighted by atomic mass is 35.5. The zero-order valence-corrected chi connectivity index (χ0v) is 11.0. The van der Waals surface area contributed by atoms with Crippen LogP contribution in [-0.2, 0) is 0 Å². The Morgan fingerprint density at radius 3 is 2.82 bits per heavy atom. The smallest absolute Gasteiger partial charge is 0.0584 e. The minimum atomic E-state index is 0.231. The highest BCUT2D eigenvalue weighted by molar-refractivity contribution is 6.30. The second-order valence-corrected chi connectivity index (χ2v) is 5.31. The van der Waals surface area contributed by atoms with Gasteiger partial charge in [-0.25, -0.2) is 0 Å². The summed E-state index contributed by atoms with van der Waals surface area (Å²) in [6.45, 7) is 2.33. The summed E-state index contributed by atoms with van der Waals surface area (Å²) in [5.74, 6) is 0.627. The van der Waals surface area contributed by atoms with Gasteiger partial charge < -0.3 is 10.4 Å². The van der Waals surface area contributed by atoms with Gasteiger partial charge in [-0.2, -0.15) is 0 Å². The Kier molecular flexibility index (Phi) is 4.43. The summed E-state index contributed by atoms with van der Waals surface area (Å²) in [5.41, 5.74) is 1.34. The van der Waals surface area contributed by atoms with Crippen molar-refractivity contribution >= 4 is 11.6 Å². The zero-order chi connectivity index (χ0) is 12.3. The number of hydrogen-bond acceptors (Lipinski definition) is 2. The van der Waals surface area contributed by atoms with E-state index in [-0.39, 0.29) is 12.6 Å². The third kappa shape index (κ3) is 3.21. The molecule has 0 amide bonds. The van der Waals surface area contributed by atoms with Gasteiger partial charge in [0.2, 0.25) is 0 Å². The van der Waals surface area contributed by atoms with Crippen LogP contribution < -0.4 is 5.32 Å². The monoisotopic (exact) mass is 253 g/mol. The molecule has 0 heterocycles. The number of halogens is 1. The molecule has 0 aliphatic heterocycles. The molecule has 1 aliphatic rings. The molecule has 0 aromatic heterocycles. The number of rotatable bonds is 5. The lowest BCUT2D eigenvalue weighted by atomic mass is 9.75. The van der Waals surface area contributed by atoms with E-state index in [0.29, 0.717) is 12.0 Å². The van der Waals surface area contributed by atoms with Crippen molar-refractivity contribution in [1.29, 1.82) is 0 Å². The van der Waals surface area contributed by atoms with Crippen molar-refractivity contribution < 1.29 is 5.11 Å². The van der Waals surface area contributed by atoms with Gasteiger partial charge in [-0.15, -0.1) is 0 Å². The van der Waals surface area contributed by atoms with E-state index in [1.165, 1.54) is 5.56 Å². The summed E-state index contributed by atoms with van der Waals surface area (Å²) in [7, 11) is 0. The van der Waals surface area contributed by atoms with Gasteiger partial charge in [-0.1, -0.05) is 30.7 Å². The Labute approximate surface area is 108 Å². The molecule has 3 heteroatoms. The van der Waals surface area contributed by atoms with Crippen LogP contribution >= 0.6 is 11.6 Å². The molecule has 0 unspecified atom stereocenters. The highest BCUT2D eigenvalue weighted by Gasteiger charge is 2.31. The molecule has 17 heavy (non-hydrogen) atoms. The Hall–Kier alpha value is -0.570. The van der Waals surface area contributed by atoms with Gasteiger partial charge >= 0.3 is 0 Å².